The minimum Gasteiger partial charge on any atom is -0.386 e. The first-order valence-corrected chi connectivity index (χ1v) is 10.1. The van der Waals surface area contributed by atoms with Crippen molar-refractivity contribution in [3.05, 3.63) is 42.1 Å². The Labute approximate surface area is 112 Å². The average molecular weight is 260 g/mol. The van der Waals surface area contributed by atoms with Crippen molar-refractivity contribution < 1.29 is 5.11 Å². The molecule has 1 aromatic carbocycles. The van der Waals surface area contributed by atoms with Crippen molar-refractivity contribution >= 4 is 13.3 Å². The van der Waals surface area contributed by atoms with Gasteiger partial charge < -0.3 is 5.11 Å². The van der Waals surface area contributed by atoms with Crippen molar-refractivity contribution in [2.75, 3.05) is 0 Å². The van der Waals surface area contributed by atoms with Crippen molar-refractivity contribution in [1.82, 2.24) is 0 Å². The van der Waals surface area contributed by atoms with Gasteiger partial charge in [-0.1, -0.05) is 79.7 Å². The molecule has 0 atom stereocenters. The van der Waals surface area contributed by atoms with E-state index < -0.39 is 13.7 Å². The van der Waals surface area contributed by atoms with Crippen LogP contribution in [0.4, 0.5) is 0 Å². The van der Waals surface area contributed by atoms with Crippen molar-refractivity contribution in [3.63, 3.8) is 0 Å². The van der Waals surface area contributed by atoms with E-state index in [0.29, 0.717) is 0 Å². The quantitative estimate of drug-likeness (QED) is 0.826. The van der Waals surface area contributed by atoms with Crippen LogP contribution in [0.1, 0.15) is 32.1 Å². The summed E-state index contributed by atoms with van der Waals surface area (Å²) in [5.74, 6) is 0. The molecule has 18 heavy (non-hydrogen) atoms. The third-order valence-electron chi connectivity index (χ3n) is 4.05. The lowest BCUT2D eigenvalue weighted by atomic mass is 9.85. The molecule has 0 aliphatic heterocycles. The van der Waals surface area contributed by atoms with E-state index in [1.165, 1.54) is 11.6 Å². The van der Waals surface area contributed by atoms with Crippen LogP contribution in [0.5, 0.6) is 0 Å². The van der Waals surface area contributed by atoms with Gasteiger partial charge in [0.15, 0.2) is 0 Å². The summed E-state index contributed by atoms with van der Waals surface area (Å²) in [7, 11) is -1.55. The Kier molecular flexibility index (Phi) is 4.08. The van der Waals surface area contributed by atoms with Crippen LogP contribution in [0.15, 0.2) is 42.1 Å². The second-order valence-corrected chi connectivity index (χ2v) is 10.4. The Morgan fingerprint density at radius 1 is 1.06 bits per heavy atom. The molecule has 1 aliphatic rings. The number of benzene rings is 1. The lowest BCUT2D eigenvalue weighted by molar-refractivity contribution is 0.0514. The normalized spacial score (nSPS) is 20.2. The van der Waals surface area contributed by atoms with Crippen LogP contribution >= 0.6 is 0 Å². The molecule has 1 saturated carbocycles. The second kappa shape index (κ2) is 5.41. The topological polar surface area (TPSA) is 20.2 Å². The summed E-state index contributed by atoms with van der Waals surface area (Å²) in [6.45, 7) is 4.68. The van der Waals surface area contributed by atoms with Gasteiger partial charge in [-0.3, -0.25) is 0 Å². The molecule has 0 radical (unpaired) electrons. The first-order chi connectivity index (χ1) is 8.52. The molecule has 1 aromatic rings. The molecule has 2 rings (SSSR count). The highest BCUT2D eigenvalue weighted by molar-refractivity contribution is 6.93. The van der Waals surface area contributed by atoms with E-state index >= 15 is 0 Å². The zero-order chi connectivity index (χ0) is 13.1. The van der Waals surface area contributed by atoms with Gasteiger partial charge in [0.2, 0.25) is 0 Å². The Bertz CT molecular complexity index is 402. The van der Waals surface area contributed by atoms with Gasteiger partial charge in [-0.2, -0.15) is 0 Å². The van der Waals surface area contributed by atoms with E-state index in [1.54, 1.807) is 0 Å². The minimum absolute atomic E-state index is 0.530. The van der Waals surface area contributed by atoms with Crippen LogP contribution in [0, 0.1) is 0 Å². The van der Waals surface area contributed by atoms with Gasteiger partial charge in [-0.25, -0.2) is 0 Å². The van der Waals surface area contributed by atoms with Gasteiger partial charge in [-0.15, -0.1) is 0 Å². The van der Waals surface area contributed by atoms with Gasteiger partial charge in [0.25, 0.3) is 0 Å². The van der Waals surface area contributed by atoms with E-state index in [4.69, 9.17) is 0 Å². The zero-order valence-corrected chi connectivity index (χ0v) is 12.5. The van der Waals surface area contributed by atoms with Crippen LogP contribution in [-0.2, 0) is 0 Å². The summed E-state index contributed by atoms with van der Waals surface area (Å²) in [4.78, 5) is 0. The molecule has 0 heterocycles. The fraction of sp³-hybridized carbons (Fsp3) is 0.500. The Balaban J connectivity index is 2.12. The number of rotatable bonds is 3. The van der Waals surface area contributed by atoms with Gasteiger partial charge in [-0.05, 0) is 12.8 Å². The van der Waals surface area contributed by atoms with Crippen LogP contribution in [-0.4, -0.2) is 18.8 Å². The molecule has 0 spiro atoms. The summed E-state index contributed by atoms with van der Waals surface area (Å²) < 4.78 is 0. The number of aliphatic hydroxyl groups is 1. The van der Waals surface area contributed by atoms with Crippen molar-refractivity contribution in [2.45, 2.75) is 50.8 Å². The largest absolute Gasteiger partial charge is 0.386 e. The van der Waals surface area contributed by atoms with E-state index in [0.717, 1.165) is 25.7 Å². The van der Waals surface area contributed by atoms with E-state index in [-0.39, 0.29) is 0 Å². The van der Waals surface area contributed by atoms with Crippen molar-refractivity contribution in [3.8, 4) is 0 Å². The highest BCUT2D eigenvalue weighted by atomic mass is 28.3. The minimum atomic E-state index is -1.55. The summed E-state index contributed by atoms with van der Waals surface area (Å²) in [6.07, 6.45) is 7.56. The molecular weight excluding hydrogens is 236 g/mol. The maximum absolute atomic E-state index is 10.5. The van der Waals surface area contributed by atoms with E-state index in [9.17, 15) is 5.11 Å². The van der Waals surface area contributed by atoms with Gasteiger partial charge >= 0.3 is 0 Å². The molecule has 98 valence electrons. The van der Waals surface area contributed by atoms with E-state index in [1.807, 2.05) is 0 Å². The van der Waals surface area contributed by atoms with Crippen LogP contribution in [0.2, 0.25) is 13.1 Å². The lowest BCUT2D eigenvalue weighted by Crippen LogP contribution is -2.40. The third kappa shape index (κ3) is 3.33. The molecule has 1 fully saturated rings. The van der Waals surface area contributed by atoms with Crippen LogP contribution < -0.4 is 5.19 Å². The molecule has 0 bridgehead atoms. The maximum atomic E-state index is 10.5. The van der Waals surface area contributed by atoms with Crippen molar-refractivity contribution in [2.24, 2.45) is 0 Å². The maximum Gasteiger partial charge on any atom is 0.103 e. The van der Waals surface area contributed by atoms with Gasteiger partial charge in [0.05, 0.1) is 5.60 Å². The smallest absolute Gasteiger partial charge is 0.103 e. The molecule has 0 unspecified atom stereocenters. The molecule has 1 nitrogen and oxygen atoms in total. The second-order valence-electron chi connectivity index (χ2n) is 6.09. The summed E-state index contributed by atoms with van der Waals surface area (Å²) >= 11 is 0. The highest BCUT2D eigenvalue weighted by Gasteiger charge is 2.28. The van der Waals surface area contributed by atoms with Gasteiger partial charge in [0, 0.05) is 0 Å². The number of hydrogen-bond acceptors (Lipinski definition) is 1. The lowest BCUT2D eigenvalue weighted by Gasteiger charge is -2.30. The molecule has 0 amide bonds. The van der Waals surface area contributed by atoms with E-state index in [2.05, 4.69) is 55.2 Å². The number of hydrogen-bond donors (Lipinski definition) is 1. The zero-order valence-electron chi connectivity index (χ0n) is 11.5. The van der Waals surface area contributed by atoms with Crippen molar-refractivity contribution in [1.29, 1.82) is 0 Å². The average Bonchev–Trinajstić information content (AvgIpc) is 2.39. The molecule has 0 saturated heterocycles. The first-order valence-electron chi connectivity index (χ1n) is 7.00. The predicted molar refractivity (Wildman–Crippen MR) is 80.7 cm³/mol. The van der Waals surface area contributed by atoms with Crippen LogP contribution in [0.3, 0.4) is 0 Å². The molecular formula is C16H24OSi. The molecule has 2 heteroatoms. The SMILES string of the molecule is C[Si](C)(C=CC1(O)CCCCC1)c1ccccc1. The first kappa shape index (κ1) is 13.6. The monoisotopic (exact) mass is 260 g/mol. The Hall–Kier alpha value is -0.863. The fourth-order valence-corrected chi connectivity index (χ4v) is 4.63. The van der Waals surface area contributed by atoms with Crippen LogP contribution in [0.25, 0.3) is 0 Å². The summed E-state index contributed by atoms with van der Waals surface area (Å²) in [5.41, 5.74) is 1.78. The van der Waals surface area contributed by atoms with Gasteiger partial charge in [0.1, 0.15) is 8.07 Å². The summed E-state index contributed by atoms with van der Waals surface area (Å²) in [5, 5.41) is 11.9. The molecule has 1 aliphatic carbocycles. The third-order valence-corrected chi connectivity index (χ3v) is 6.87. The summed E-state index contributed by atoms with van der Waals surface area (Å²) in [6, 6.07) is 10.7. The molecule has 0 aromatic heterocycles. The molecule has 1 N–H and O–H groups in total. The highest BCUT2D eigenvalue weighted by Crippen LogP contribution is 2.29. The Morgan fingerprint density at radius 2 is 1.67 bits per heavy atom. The standard InChI is InChI=1S/C16H24OSi/c1-18(2,15-9-5-3-6-10-15)14-13-16(17)11-7-4-8-12-16/h3,5-6,9-10,13-14,17H,4,7-8,11-12H2,1-2H3. The predicted octanol–water partition coefficient (Wildman–Crippen LogP) is 3.39. The fourth-order valence-electron chi connectivity index (χ4n) is 2.66. The Morgan fingerprint density at radius 3 is 2.28 bits per heavy atom.